The van der Waals surface area contributed by atoms with Crippen molar-refractivity contribution in [2.24, 2.45) is 11.7 Å². The number of aryl methyl sites for hydroxylation is 2. The van der Waals surface area contributed by atoms with Crippen LogP contribution in [0, 0.1) is 5.92 Å². The number of fused-ring (bicyclic) bond motifs is 1. The Bertz CT molecular complexity index is 600. The van der Waals surface area contributed by atoms with Gasteiger partial charge in [0, 0.05) is 31.7 Å². The highest BCUT2D eigenvalue weighted by atomic mass is 16.2. The van der Waals surface area contributed by atoms with Crippen LogP contribution in [0.15, 0.2) is 18.2 Å². The standard InChI is InChI=1S/C17H23N3O2/c1-19-7-8-20(11-15(10-19)16(18)21)17(22)14-6-5-12-3-2-4-13(12)9-14/h5-6,9,15H,2-4,7-8,10-11H2,1H3,(H2,18,21)/t15-/m1/s1. The third-order valence-corrected chi connectivity index (χ3v) is 4.76. The Hall–Kier alpha value is -1.88. The van der Waals surface area contributed by atoms with Gasteiger partial charge in [0.2, 0.25) is 5.91 Å². The van der Waals surface area contributed by atoms with Crippen molar-refractivity contribution in [2.75, 3.05) is 33.2 Å². The van der Waals surface area contributed by atoms with Gasteiger partial charge in [0.1, 0.15) is 0 Å². The van der Waals surface area contributed by atoms with E-state index in [1.165, 1.54) is 17.5 Å². The molecule has 22 heavy (non-hydrogen) atoms. The summed E-state index contributed by atoms with van der Waals surface area (Å²) >= 11 is 0. The first-order valence-corrected chi connectivity index (χ1v) is 7.93. The zero-order valence-corrected chi connectivity index (χ0v) is 13.0. The molecule has 2 aliphatic rings. The first-order chi connectivity index (χ1) is 10.5. The van der Waals surface area contributed by atoms with Gasteiger partial charge in [-0.15, -0.1) is 0 Å². The van der Waals surface area contributed by atoms with Crippen molar-refractivity contribution in [3.8, 4) is 0 Å². The van der Waals surface area contributed by atoms with Gasteiger partial charge in [0.15, 0.2) is 0 Å². The Labute approximate surface area is 131 Å². The van der Waals surface area contributed by atoms with E-state index in [0.29, 0.717) is 19.6 Å². The average Bonchev–Trinajstić information content (AvgIpc) is 2.87. The van der Waals surface area contributed by atoms with Crippen LogP contribution in [0.2, 0.25) is 0 Å². The van der Waals surface area contributed by atoms with E-state index < -0.39 is 0 Å². The molecule has 0 unspecified atom stereocenters. The van der Waals surface area contributed by atoms with Gasteiger partial charge in [-0.1, -0.05) is 6.07 Å². The average molecular weight is 301 g/mol. The molecule has 0 radical (unpaired) electrons. The minimum absolute atomic E-state index is 0.0104. The molecular weight excluding hydrogens is 278 g/mol. The highest BCUT2D eigenvalue weighted by Crippen LogP contribution is 2.23. The Morgan fingerprint density at radius 1 is 1.14 bits per heavy atom. The molecule has 1 aliphatic heterocycles. The Balaban J connectivity index is 1.79. The van der Waals surface area contributed by atoms with Gasteiger partial charge < -0.3 is 15.5 Å². The molecule has 5 nitrogen and oxygen atoms in total. The molecule has 1 heterocycles. The van der Waals surface area contributed by atoms with Crippen molar-refractivity contribution in [2.45, 2.75) is 19.3 Å². The van der Waals surface area contributed by atoms with E-state index in [0.717, 1.165) is 24.9 Å². The van der Waals surface area contributed by atoms with Gasteiger partial charge in [-0.2, -0.15) is 0 Å². The lowest BCUT2D eigenvalue weighted by atomic mass is 10.0. The lowest BCUT2D eigenvalue weighted by molar-refractivity contribution is -0.122. The minimum atomic E-state index is -0.333. The molecule has 1 aromatic rings. The fourth-order valence-corrected chi connectivity index (χ4v) is 3.43. The van der Waals surface area contributed by atoms with Gasteiger partial charge in [-0.3, -0.25) is 9.59 Å². The van der Waals surface area contributed by atoms with Crippen LogP contribution in [-0.2, 0) is 17.6 Å². The normalized spacial score (nSPS) is 22.2. The predicted molar refractivity (Wildman–Crippen MR) is 84.6 cm³/mol. The zero-order chi connectivity index (χ0) is 15.7. The molecular formula is C17H23N3O2. The molecule has 118 valence electrons. The quantitative estimate of drug-likeness (QED) is 0.873. The van der Waals surface area contributed by atoms with E-state index in [4.69, 9.17) is 5.73 Å². The molecule has 1 aromatic carbocycles. The van der Waals surface area contributed by atoms with Gasteiger partial charge in [0.05, 0.1) is 5.92 Å². The van der Waals surface area contributed by atoms with Gasteiger partial charge in [-0.25, -0.2) is 0 Å². The first-order valence-electron chi connectivity index (χ1n) is 7.93. The second-order valence-corrected chi connectivity index (χ2v) is 6.45. The third kappa shape index (κ3) is 2.99. The van der Waals surface area contributed by atoms with Crippen molar-refractivity contribution < 1.29 is 9.59 Å². The number of primary amides is 1. The topological polar surface area (TPSA) is 66.6 Å². The molecule has 1 atom stereocenters. The summed E-state index contributed by atoms with van der Waals surface area (Å²) in [6.45, 7) is 2.43. The lowest BCUT2D eigenvalue weighted by Gasteiger charge is -2.23. The number of amides is 2. The summed E-state index contributed by atoms with van der Waals surface area (Å²) in [5.41, 5.74) is 8.86. The summed E-state index contributed by atoms with van der Waals surface area (Å²) in [6, 6.07) is 6.02. The van der Waals surface area contributed by atoms with Crippen LogP contribution >= 0.6 is 0 Å². The maximum absolute atomic E-state index is 12.8. The lowest BCUT2D eigenvalue weighted by Crippen LogP contribution is -2.40. The number of hydrogen-bond acceptors (Lipinski definition) is 3. The van der Waals surface area contributed by atoms with Crippen LogP contribution in [0.1, 0.15) is 27.9 Å². The molecule has 1 aliphatic carbocycles. The Morgan fingerprint density at radius 2 is 1.91 bits per heavy atom. The van der Waals surface area contributed by atoms with Crippen LogP contribution in [0.25, 0.3) is 0 Å². The summed E-state index contributed by atoms with van der Waals surface area (Å²) in [5, 5.41) is 0. The maximum Gasteiger partial charge on any atom is 0.253 e. The summed E-state index contributed by atoms with van der Waals surface area (Å²) in [6.07, 6.45) is 3.34. The predicted octanol–water partition coefficient (Wildman–Crippen LogP) is 0.664. The molecule has 1 saturated heterocycles. The van der Waals surface area contributed by atoms with Crippen molar-refractivity contribution >= 4 is 11.8 Å². The first kappa shape index (κ1) is 15.0. The van der Waals surface area contributed by atoms with E-state index in [-0.39, 0.29) is 17.7 Å². The smallest absolute Gasteiger partial charge is 0.253 e. The molecule has 2 N–H and O–H groups in total. The molecule has 2 amide bonds. The fraction of sp³-hybridized carbons (Fsp3) is 0.529. The molecule has 0 spiro atoms. The molecule has 1 fully saturated rings. The summed E-state index contributed by atoms with van der Waals surface area (Å²) in [4.78, 5) is 28.2. The molecule has 0 saturated carbocycles. The number of hydrogen-bond donors (Lipinski definition) is 1. The number of likely N-dealkylation sites (N-methyl/N-ethyl adjacent to an activating group) is 1. The number of benzene rings is 1. The number of carbonyl (C=O) groups is 2. The highest BCUT2D eigenvalue weighted by molar-refractivity contribution is 5.95. The van der Waals surface area contributed by atoms with Crippen LogP contribution in [-0.4, -0.2) is 54.8 Å². The summed E-state index contributed by atoms with van der Waals surface area (Å²) in [7, 11) is 1.96. The van der Waals surface area contributed by atoms with Gasteiger partial charge >= 0.3 is 0 Å². The highest BCUT2D eigenvalue weighted by Gasteiger charge is 2.28. The zero-order valence-electron chi connectivity index (χ0n) is 13.0. The largest absolute Gasteiger partial charge is 0.369 e. The second kappa shape index (κ2) is 6.08. The van der Waals surface area contributed by atoms with E-state index in [2.05, 4.69) is 11.0 Å². The summed E-state index contributed by atoms with van der Waals surface area (Å²) < 4.78 is 0. The molecule has 0 aromatic heterocycles. The van der Waals surface area contributed by atoms with Crippen LogP contribution in [0.4, 0.5) is 0 Å². The van der Waals surface area contributed by atoms with E-state index in [9.17, 15) is 9.59 Å². The number of carbonyl (C=O) groups excluding carboxylic acids is 2. The van der Waals surface area contributed by atoms with Crippen molar-refractivity contribution in [1.82, 2.24) is 9.80 Å². The van der Waals surface area contributed by atoms with Gasteiger partial charge in [0.25, 0.3) is 5.91 Å². The van der Waals surface area contributed by atoms with E-state index >= 15 is 0 Å². The SMILES string of the molecule is CN1CCN(C(=O)c2ccc3c(c2)CCC3)C[C@H](C(N)=O)C1. The molecule has 0 bridgehead atoms. The van der Waals surface area contributed by atoms with Crippen molar-refractivity contribution in [3.05, 3.63) is 34.9 Å². The third-order valence-electron chi connectivity index (χ3n) is 4.76. The summed E-state index contributed by atoms with van der Waals surface area (Å²) in [5.74, 6) is -0.623. The van der Waals surface area contributed by atoms with E-state index in [1.807, 2.05) is 19.2 Å². The van der Waals surface area contributed by atoms with Gasteiger partial charge in [-0.05, 0) is 49.6 Å². The minimum Gasteiger partial charge on any atom is -0.369 e. The van der Waals surface area contributed by atoms with Crippen molar-refractivity contribution in [1.29, 1.82) is 0 Å². The monoisotopic (exact) mass is 301 g/mol. The number of nitrogens with zero attached hydrogens (tertiary/aromatic N) is 2. The Kier molecular flexibility index (Phi) is 4.16. The maximum atomic E-state index is 12.8. The fourth-order valence-electron chi connectivity index (χ4n) is 3.43. The van der Waals surface area contributed by atoms with Crippen LogP contribution in [0.3, 0.4) is 0 Å². The number of nitrogens with two attached hydrogens (primary N) is 1. The second-order valence-electron chi connectivity index (χ2n) is 6.45. The van der Waals surface area contributed by atoms with E-state index in [1.54, 1.807) is 4.90 Å². The van der Waals surface area contributed by atoms with Crippen molar-refractivity contribution in [3.63, 3.8) is 0 Å². The van der Waals surface area contributed by atoms with Crippen LogP contribution < -0.4 is 5.73 Å². The van der Waals surface area contributed by atoms with Crippen LogP contribution in [0.5, 0.6) is 0 Å². The Morgan fingerprint density at radius 3 is 2.68 bits per heavy atom. The molecule has 5 heteroatoms. The number of rotatable bonds is 2. The molecule has 3 rings (SSSR count).